The van der Waals surface area contributed by atoms with Gasteiger partial charge in [0.2, 0.25) is 5.91 Å². The van der Waals surface area contributed by atoms with Crippen LogP contribution in [0.5, 0.6) is 0 Å². The van der Waals surface area contributed by atoms with Crippen LogP contribution < -0.4 is 0 Å². The minimum absolute atomic E-state index is 0.0278. The summed E-state index contributed by atoms with van der Waals surface area (Å²) in [4.78, 5) is 14.7. The van der Waals surface area contributed by atoms with Crippen molar-refractivity contribution in [3.63, 3.8) is 0 Å². The Morgan fingerprint density at radius 1 is 1.59 bits per heavy atom. The molecule has 1 aromatic heterocycles. The lowest BCUT2D eigenvalue weighted by Gasteiger charge is -2.18. The molecule has 0 bridgehead atoms. The van der Waals surface area contributed by atoms with E-state index in [0.717, 1.165) is 14.2 Å². The first-order valence-electron chi connectivity index (χ1n) is 5.39. The van der Waals surface area contributed by atoms with Crippen LogP contribution in [0.25, 0.3) is 6.08 Å². The Hall–Kier alpha value is -0.870. The molecule has 17 heavy (non-hydrogen) atoms. The van der Waals surface area contributed by atoms with E-state index in [9.17, 15) is 4.79 Å². The molecule has 2 nitrogen and oxygen atoms in total. The number of thiophene rings is 1. The van der Waals surface area contributed by atoms with Gasteiger partial charge in [0.25, 0.3) is 0 Å². The van der Waals surface area contributed by atoms with Gasteiger partial charge < -0.3 is 4.90 Å². The third kappa shape index (κ3) is 4.88. The summed E-state index contributed by atoms with van der Waals surface area (Å²) in [6.45, 7) is 9.04. The molecule has 0 atom stereocenters. The summed E-state index contributed by atoms with van der Waals surface area (Å²) in [6, 6.07) is 3.95. The van der Waals surface area contributed by atoms with Crippen molar-refractivity contribution >= 4 is 39.2 Å². The molecule has 0 aliphatic carbocycles. The van der Waals surface area contributed by atoms with E-state index >= 15 is 0 Å². The summed E-state index contributed by atoms with van der Waals surface area (Å²) in [7, 11) is 0. The fraction of sp³-hybridized carbons (Fsp3) is 0.308. The van der Waals surface area contributed by atoms with Gasteiger partial charge in [0.1, 0.15) is 0 Å². The first-order valence-corrected chi connectivity index (χ1v) is 7.00. The molecule has 1 rings (SSSR count). The van der Waals surface area contributed by atoms with Crippen LogP contribution in [0.2, 0.25) is 0 Å². The molecule has 1 amide bonds. The van der Waals surface area contributed by atoms with E-state index in [1.807, 2.05) is 32.1 Å². The Balaban J connectivity index is 2.63. The van der Waals surface area contributed by atoms with Gasteiger partial charge in [-0.25, -0.2) is 0 Å². The second-order valence-corrected chi connectivity index (χ2v) is 6.28. The van der Waals surface area contributed by atoms with Crippen molar-refractivity contribution in [1.82, 2.24) is 4.90 Å². The number of hydrogen-bond acceptors (Lipinski definition) is 2. The van der Waals surface area contributed by atoms with Crippen LogP contribution in [0.1, 0.15) is 18.7 Å². The SMILES string of the molecule is C=C(C)CN(CC)C(=O)C=Cc1ccc(Br)s1. The maximum absolute atomic E-state index is 11.9. The highest BCUT2D eigenvalue weighted by atomic mass is 79.9. The first kappa shape index (κ1) is 14.2. The molecule has 92 valence electrons. The smallest absolute Gasteiger partial charge is 0.246 e. The third-order valence-electron chi connectivity index (χ3n) is 2.14. The van der Waals surface area contributed by atoms with Crippen LogP contribution in [-0.2, 0) is 4.79 Å². The van der Waals surface area contributed by atoms with E-state index in [2.05, 4.69) is 22.5 Å². The molecule has 0 aliphatic rings. The molecule has 0 saturated heterocycles. The lowest BCUT2D eigenvalue weighted by Crippen LogP contribution is -2.30. The van der Waals surface area contributed by atoms with Crippen LogP contribution >= 0.6 is 27.3 Å². The first-order chi connectivity index (χ1) is 8.02. The van der Waals surface area contributed by atoms with Gasteiger partial charge in [-0.2, -0.15) is 0 Å². The van der Waals surface area contributed by atoms with E-state index in [-0.39, 0.29) is 5.91 Å². The number of likely N-dealkylation sites (N-methyl/N-ethyl adjacent to an activating group) is 1. The summed E-state index contributed by atoms with van der Waals surface area (Å²) >= 11 is 5.00. The molecule has 1 heterocycles. The van der Waals surface area contributed by atoms with Crippen molar-refractivity contribution in [1.29, 1.82) is 0 Å². The average molecular weight is 314 g/mol. The quantitative estimate of drug-likeness (QED) is 0.595. The molecule has 0 fully saturated rings. The van der Waals surface area contributed by atoms with E-state index in [0.29, 0.717) is 13.1 Å². The summed E-state index contributed by atoms with van der Waals surface area (Å²) in [5.41, 5.74) is 0.993. The van der Waals surface area contributed by atoms with Crippen molar-refractivity contribution in [3.05, 3.63) is 39.0 Å². The van der Waals surface area contributed by atoms with Crippen LogP contribution in [-0.4, -0.2) is 23.9 Å². The number of rotatable bonds is 5. The van der Waals surface area contributed by atoms with Gasteiger partial charge in [-0.1, -0.05) is 12.2 Å². The molecule has 0 unspecified atom stereocenters. The van der Waals surface area contributed by atoms with E-state index in [1.54, 1.807) is 22.3 Å². The average Bonchev–Trinajstić information content (AvgIpc) is 2.68. The molecule has 0 spiro atoms. The van der Waals surface area contributed by atoms with E-state index in [1.165, 1.54) is 0 Å². The number of nitrogens with zero attached hydrogens (tertiary/aromatic N) is 1. The zero-order valence-corrected chi connectivity index (χ0v) is 12.5. The lowest BCUT2D eigenvalue weighted by atomic mass is 10.3. The minimum atomic E-state index is 0.0278. The van der Waals surface area contributed by atoms with Gasteiger partial charge >= 0.3 is 0 Å². The van der Waals surface area contributed by atoms with Gasteiger partial charge in [-0.05, 0) is 48.0 Å². The Labute approximate surface area is 115 Å². The van der Waals surface area contributed by atoms with Gasteiger partial charge in [0.15, 0.2) is 0 Å². The molecule has 0 aliphatic heterocycles. The summed E-state index contributed by atoms with van der Waals surface area (Å²) < 4.78 is 1.07. The highest BCUT2D eigenvalue weighted by molar-refractivity contribution is 9.11. The van der Waals surface area contributed by atoms with Crippen molar-refractivity contribution in [3.8, 4) is 0 Å². The minimum Gasteiger partial charge on any atom is -0.335 e. The van der Waals surface area contributed by atoms with Crippen molar-refractivity contribution < 1.29 is 4.79 Å². The topological polar surface area (TPSA) is 20.3 Å². The number of amides is 1. The summed E-state index contributed by atoms with van der Waals surface area (Å²) in [5, 5.41) is 0. The van der Waals surface area contributed by atoms with Crippen molar-refractivity contribution in [2.45, 2.75) is 13.8 Å². The second kappa shape index (κ2) is 6.77. The maximum atomic E-state index is 11.9. The molecule has 1 aromatic rings. The van der Waals surface area contributed by atoms with Crippen LogP contribution in [0.15, 0.2) is 34.1 Å². The zero-order valence-electron chi connectivity index (χ0n) is 10.1. The monoisotopic (exact) mass is 313 g/mol. The molecular formula is C13H16BrNOS. The Kier molecular flexibility index (Phi) is 5.65. The predicted octanol–water partition coefficient (Wildman–Crippen LogP) is 3.95. The van der Waals surface area contributed by atoms with E-state index in [4.69, 9.17) is 0 Å². The molecular weight excluding hydrogens is 298 g/mol. The molecule has 0 aromatic carbocycles. The Bertz CT molecular complexity index is 436. The standard InChI is InChI=1S/C13H16BrNOS/c1-4-15(9-10(2)3)13(16)8-6-11-5-7-12(14)17-11/h5-8H,2,4,9H2,1,3H3. The Morgan fingerprint density at radius 2 is 2.29 bits per heavy atom. The van der Waals surface area contributed by atoms with Gasteiger partial charge in [0, 0.05) is 24.0 Å². The molecule has 0 saturated carbocycles. The van der Waals surface area contributed by atoms with Gasteiger partial charge in [0.05, 0.1) is 3.79 Å². The third-order valence-corrected chi connectivity index (χ3v) is 3.73. The van der Waals surface area contributed by atoms with Gasteiger partial charge in [-0.3, -0.25) is 4.79 Å². The maximum Gasteiger partial charge on any atom is 0.246 e. The fourth-order valence-electron chi connectivity index (χ4n) is 1.35. The fourth-order valence-corrected chi connectivity index (χ4v) is 2.67. The van der Waals surface area contributed by atoms with Crippen molar-refractivity contribution in [2.24, 2.45) is 0 Å². The Morgan fingerprint density at radius 3 is 2.76 bits per heavy atom. The normalized spacial score (nSPS) is 10.8. The molecule has 4 heteroatoms. The highest BCUT2D eigenvalue weighted by Gasteiger charge is 2.07. The van der Waals surface area contributed by atoms with E-state index < -0.39 is 0 Å². The number of carbonyl (C=O) groups excluding carboxylic acids is 1. The summed E-state index contributed by atoms with van der Waals surface area (Å²) in [6.07, 6.45) is 3.46. The summed E-state index contributed by atoms with van der Waals surface area (Å²) in [5.74, 6) is 0.0278. The number of halogens is 1. The molecule has 0 radical (unpaired) electrons. The highest BCUT2D eigenvalue weighted by Crippen LogP contribution is 2.23. The predicted molar refractivity (Wildman–Crippen MR) is 78.1 cm³/mol. The van der Waals surface area contributed by atoms with Crippen LogP contribution in [0.4, 0.5) is 0 Å². The number of carbonyl (C=O) groups is 1. The van der Waals surface area contributed by atoms with Crippen LogP contribution in [0.3, 0.4) is 0 Å². The van der Waals surface area contributed by atoms with Gasteiger partial charge in [-0.15, -0.1) is 11.3 Å². The lowest BCUT2D eigenvalue weighted by molar-refractivity contribution is -0.125. The molecule has 0 N–H and O–H groups in total. The number of hydrogen-bond donors (Lipinski definition) is 0. The van der Waals surface area contributed by atoms with Crippen molar-refractivity contribution in [2.75, 3.05) is 13.1 Å². The second-order valence-electron chi connectivity index (χ2n) is 3.78. The van der Waals surface area contributed by atoms with Crippen LogP contribution in [0, 0.1) is 0 Å². The zero-order chi connectivity index (χ0) is 12.8. The largest absolute Gasteiger partial charge is 0.335 e.